The van der Waals surface area contributed by atoms with Crippen LogP contribution >= 0.6 is 0 Å². The zero-order valence-corrected chi connectivity index (χ0v) is 16.5. The molecule has 0 radical (unpaired) electrons. The fourth-order valence-electron chi connectivity index (χ4n) is 2.86. The van der Waals surface area contributed by atoms with Gasteiger partial charge in [-0.05, 0) is 48.4 Å². The molecular formula is C23H23N3O3. The fourth-order valence-corrected chi connectivity index (χ4v) is 2.86. The van der Waals surface area contributed by atoms with Crippen molar-refractivity contribution < 1.29 is 14.3 Å². The first-order valence-electron chi connectivity index (χ1n) is 9.30. The summed E-state index contributed by atoms with van der Waals surface area (Å²) in [4.78, 5) is 30.9. The Balaban J connectivity index is 1.62. The largest absolute Gasteiger partial charge is 0.497 e. The third-order valence-electron chi connectivity index (χ3n) is 4.48. The molecule has 6 nitrogen and oxygen atoms in total. The van der Waals surface area contributed by atoms with E-state index in [1.165, 1.54) is 4.90 Å². The third kappa shape index (κ3) is 5.19. The molecule has 1 N–H and O–H groups in total. The lowest BCUT2D eigenvalue weighted by Gasteiger charge is -2.17. The summed E-state index contributed by atoms with van der Waals surface area (Å²) in [5, 5.41) is 2.84. The number of methoxy groups -OCH3 is 1. The molecule has 0 saturated carbocycles. The van der Waals surface area contributed by atoms with E-state index in [0.717, 1.165) is 17.0 Å². The number of nitrogens with zero attached hydrogens (tertiary/aromatic N) is 2. The molecule has 1 aromatic heterocycles. The highest BCUT2D eigenvalue weighted by atomic mass is 16.5. The Morgan fingerprint density at radius 2 is 1.69 bits per heavy atom. The Hall–Kier alpha value is -3.67. The third-order valence-corrected chi connectivity index (χ3v) is 4.48. The molecule has 0 spiro atoms. The molecule has 3 rings (SSSR count). The maximum atomic E-state index is 12.7. The van der Waals surface area contributed by atoms with Gasteiger partial charge in [-0.3, -0.25) is 9.59 Å². The van der Waals surface area contributed by atoms with Gasteiger partial charge >= 0.3 is 0 Å². The number of rotatable bonds is 7. The van der Waals surface area contributed by atoms with Crippen LogP contribution in [0.3, 0.4) is 0 Å². The molecule has 2 aromatic carbocycles. The number of benzene rings is 2. The summed E-state index contributed by atoms with van der Waals surface area (Å²) in [6.45, 7) is 0.454. The fraction of sp³-hybridized carbons (Fsp3) is 0.174. The van der Waals surface area contributed by atoms with Crippen LogP contribution in [0.25, 0.3) is 0 Å². The van der Waals surface area contributed by atoms with Gasteiger partial charge in [0, 0.05) is 19.3 Å². The lowest BCUT2D eigenvalue weighted by atomic mass is 10.1. The van der Waals surface area contributed by atoms with Gasteiger partial charge in [-0.1, -0.05) is 36.4 Å². The summed E-state index contributed by atoms with van der Waals surface area (Å²) in [5.74, 6) is 0.191. The van der Waals surface area contributed by atoms with E-state index < -0.39 is 0 Å². The average molecular weight is 389 g/mol. The maximum absolute atomic E-state index is 12.7. The maximum Gasteiger partial charge on any atom is 0.276 e. The standard InChI is InChI=1S/C23H23N3O3/c1-26(18-9-4-3-5-10-18)23(28)21-13-7-12-20(25-21)22(27)24-15-14-17-8-6-11-19(16-17)29-2/h3-13,16H,14-15H2,1-2H3,(H,24,27). The molecule has 148 valence electrons. The SMILES string of the molecule is COc1cccc(CCNC(=O)c2cccc(C(=O)N(C)c3ccccc3)n2)c1. The van der Waals surface area contributed by atoms with Crippen molar-refractivity contribution in [2.24, 2.45) is 0 Å². The highest BCUT2D eigenvalue weighted by molar-refractivity contribution is 6.05. The number of para-hydroxylation sites is 1. The molecule has 0 aliphatic heterocycles. The molecule has 1 heterocycles. The minimum Gasteiger partial charge on any atom is -0.497 e. The normalized spacial score (nSPS) is 10.3. The van der Waals surface area contributed by atoms with Crippen molar-refractivity contribution in [3.05, 3.63) is 89.7 Å². The highest BCUT2D eigenvalue weighted by Crippen LogP contribution is 2.15. The Morgan fingerprint density at radius 3 is 2.45 bits per heavy atom. The number of aromatic nitrogens is 1. The van der Waals surface area contributed by atoms with Gasteiger partial charge in [0.1, 0.15) is 17.1 Å². The van der Waals surface area contributed by atoms with E-state index in [0.29, 0.717) is 13.0 Å². The van der Waals surface area contributed by atoms with E-state index >= 15 is 0 Å². The second-order valence-electron chi connectivity index (χ2n) is 6.47. The van der Waals surface area contributed by atoms with Gasteiger partial charge in [-0.25, -0.2) is 4.98 Å². The minimum atomic E-state index is -0.315. The van der Waals surface area contributed by atoms with Crippen LogP contribution in [0.1, 0.15) is 26.5 Å². The summed E-state index contributed by atoms with van der Waals surface area (Å²) >= 11 is 0. The van der Waals surface area contributed by atoms with Gasteiger partial charge in [0.25, 0.3) is 11.8 Å². The number of pyridine rings is 1. The van der Waals surface area contributed by atoms with Crippen molar-refractivity contribution in [2.75, 3.05) is 25.6 Å². The lowest BCUT2D eigenvalue weighted by Crippen LogP contribution is -2.29. The number of anilines is 1. The molecular weight excluding hydrogens is 366 g/mol. The van der Waals surface area contributed by atoms with E-state index in [4.69, 9.17) is 4.74 Å². The molecule has 29 heavy (non-hydrogen) atoms. The number of hydrogen-bond acceptors (Lipinski definition) is 4. The Morgan fingerprint density at radius 1 is 0.966 bits per heavy atom. The summed E-state index contributed by atoms with van der Waals surface area (Å²) in [5.41, 5.74) is 2.25. The molecule has 3 aromatic rings. The number of carbonyl (C=O) groups excluding carboxylic acids is 2. The predicted molar refractivity (Wildman–Crippen MR) is 112 cm³/mol. The molecule has 0 aliphatic carbocycles. The van der Waals surface area contributed by atoms with Crippen LogP contribution in [-0.2, 0) is 6.42 Å². The van der Waals surface area contributed by atoms with Crippen molar-refractivity contribution >= 4 is 17.5 Å². The van der Waals surface area contributed by atoms with Gasteiger partial charge in [0.2, 0.25) is 0 Å². The lowest BCUT2D eigenvalue weighted by molar-refractivity contribution is 0.0948. The number of amides is 2. The summed E-state index contributed by atoms with van der Waals surface area (Å²) < 4.78 is 5.21. The van der Waals surface area contributed by atoms with Crippen LogP contribution < -0.4 is 15.0 Å². The Bertz CT molecular complexity index is 989. The van der Waals surface area contributed by atoms with E-state index in [2.05, 4.69) is 10.3 Å². The molecule has 0 saturated heterocycles. The van der Waals surface area contributed by atoms with E-state index in [1.807, 2.05) is 54.6 Å². The number of nitrogens with one attached hydrogen (secondary N) is 1. The van der Waals surface area contributed by atoms with Crippen molar-refractivity contribution in [3.63, 3.8) is 0 Å². The second-order valence-corrected chi connectivity index (χ2v) is 6.47. The van der Waals surface area contributed by atoms with Crippen LogP contribution in [-0.4, -0.2) is 37.5 Å². The molecule has 0 fully saturated rings. The zero-order valence-electron chi connectivity index (χ0n) is 16.5. The molecule has 2 amide bonds. The van der Waals surface area contributed by atoms with Gasteiger partial charge in [0.05, 0.1) is 7.11 Å². The van der Waals surface area contributed by atoms with E-state index in [-0.39, 0.29) is 23.2 Å². The van der Waals surface area contributed by atoms with Crippen molar-refractivity contribution in [2.45, 2.75) is 6.42 Å². The van der Waals surface area contributed by atoms with E-state index in [1.54, 1.807) is 32.4 Å². The van der Waals surface area contributed by atoms with Crippen LogP contribution in [0.15, 0.2) is 72.8 Å². The monoisotopic (exact) mass is 389 g/mol. The topological polar surface area (TPSA) is 71.5 Å². The first-order chi connectivity index (χ1) is 14.1. The van der Waals surface area contributed by atoms with Crippen molar-refractivity contribution in [1.82, 2.24) is 10.3 Å². The highest BCUT2D eigenvalue weighted by Gasteiger charge is 2.16. The smallest absolute Gasteiger partial charge is 0.276 e. The van der Waals surface area contributed by atoms with Crippen molar-refractivity contribution in [1.29, 1.82) is 0 Å². The first-order valence-corrected chi connectivity index (χ1v) is 9.30. The average Bonchev–Trinajstić information content (AvgIpc) is 2.78. The molecule has 0 atom stereocenters. The Labute approximate surface area is 170 Å². The summed E-state index contributed by atoms with van der Waals surface area (Å²) in [6, 6.07) is 21.9. The molecule has 0 bridgehead atoms. The number of carbonyl (C=O) groups is 2. The molecule has 6 heteroatoms. The van der Waals surface area contributed by atoms with Gasteiger partial charge in [-0.15, -0.1) is 0 Å². The van der Waals surface area contributed by atoms with Crippen LogP contribution in [0, 0.1) is 0 Å². The Kier molecular flexibility index (Phi) is 6.58. The zero-order chi connectivity index (χ0) is 20.6. The second kappa shape index (κ2) is 9.50. The predicted octanol–water partition coefficient (Wildman–Crippen LogP) is 3.34. The summed E-state index contributed by atoms with van der Waals surface area (Å²) in [7, 11) is 3.30. The molecule has 0 aliphatic rings. The minimum absolute atomic E-state index is 0.211. The van der Waals surface area contributed by atoms with Gasteiger partial charge in [-0.2, -0.15) is 0 Å². The van der Waals surface area contributed by atoms with Crippen LogP contribution in [0.4, 0.5) is 5.69 Å². The van der Waals surface area contributed by atoms with Crippen LogP contribution in [0.2, 0.25) is 0 Å². The van der Waals surface area contributed by atoms with Crippen LogP contribution in [0.5, 0.6) is 5.75 Å². The first kappa shape index (κ1) is 20.1. The van der Waals surface area contributed by atoms with Crippen molar-refractivity contribution in [3.8, 4) is 5.75 Å². The number of hydrogen-bond donors (Lipinski definition) is 1. The number of ether oxygens (including phenoxy) is 1. The quantitative estimate of drug-likeness (QED) is 0.673. The molecule has 0 unspecified atom stereocenters. The summed E-state index contributed by atoms with van der Waals surface area (Å²) in [6.07, 6.45) is 0.665. The van der Waals surface area contributed by atoms with Gasteiger partial charge < -0.3 is 15.0 Å². The van der Waals surface area contributed by atoms with E-state index in [9.17, 15) is 9.59 Å². The van der Waals surface area contributed by atoms with Gasteiger partial charge in [0.15, 0.2) is 0 Å².